The minimum atomic E-state index is -4.44. The van der Waals surface area contributed by atoms with Gasteiger partial charge in [-0.05, 0) is 57.8 Å². The van der Waals surface area contributed by atoms with Gasteiger partial charge in [-0.2, -0.15) is 8.42 Å². The van der Waals surface area contributed by atoms with Gasteiger partial charge in [0.05, 0.1) is 17.9 Å². The number of rotatable bonds is 30. The molecule has 1 amide bonds. The van der Waals surface area contributed by atoms with Crippen molar-refractivity contribution < 1.29 is 28.0 Å². The highest BCUT2D eigenvalue weighted by molar-refractivity contribution is 7.85. The molecule has 4 N–H and O–H groups in total. The summed E-state index contributed by atoms with van der Waals surface area (Å²) in [5, 5.41) is 23.2. The van der Waals surface area contributed by atoms with Gasteiger partial charge >= 0.3 is 0 Å². The van der Waals surface area contributed by atoms with E-state index in [4.69, 9.17) is 0 Å². The Bertz CT molecular complexity index is 896. The molecule has 44 heavy (non-hydrogen) atoms. The molecule has 0 aromatic carbocycles. The standard InChI is InChI=1S/C36H65NO6S/c1-3-5-7-9-11-13-14-15-16-17-18-19-20-21-23-25-27-29-31-35(39)36(40)37-33(32-44(41,42)43)34(38)30-28-26-24-22-12-10-8-6-4-2/h11-15,22,28,30,33-35,38-39H,3-10,16-21,23-27,29,31-32H2,1-2H3,(H,37,40)(H,41,42,43)/b13-11-,15-14-,22-12+,30-28+. The Morgan fingerprint density at radius 3 is 1.64 bits per heavy atom. The topological polar surface area (TPSA) is 124 Å². The summed E-state index contributed by atoms with van der Waals surface area (Å²) in [5.74, 6) is -1.57. The second-order valence-corrected chi connectivity index (χ2v) is 13.5. The number of aliphatic hydroxyl groups excluding tert-OH is 2. The van der Waals surface area contributed by atoms with Gasteiger partial charge < -0.3 is 15.5 Å². The van der Waals surface area contributed by atoms with Crippen LogP contribution in [-0.4, -0.2) is 53.1 Å². The Morgan fingerprint density at radius 2 is 1.09 bits per heavy atom. The number of unbranched alkanes of at least 4 members (excludes halogenated alkanes) is 16. The van der Waals surface area contributed by atoms with E-state index in [1.54, 1.807) is 6.08 Å². The van der Waals surface area contributed by atoms with Gasteiger partial charge in [0.25, 0.3) is 10.1 Å². The van der Waals surface area contributed by atoms with E-state index in [0.29, 0.717) is 12.8 Å². The molecule has 0 rings (SSSR count). The first-order valence-corrected chi connectivity index (χ1v) is 19.1. The quantitative estimate of drug-likeness (QED) is 0.0270. The molecule has 0 aliphatic carbocycles. The highest BCUT2D eigenvalue weighted by Gasteiger charge is 2.27. The van der Waals surface area contributed by atoms with E-state index >= 15 is 0 Å². The fourth-order valence-corrected chi connectivity index (χ4v) is 5.61. The lowest BCUT2D eigenvalue weighted by atomic mass is 10.0. The predicted molar refractivity (Wildman–Crippen MR) is 185 cm³/mol. The van der Waals surface area contributed by atoms with Crippen LogP contribution < -0.4 is 5.32 Å². The Labute approximate surface area is 270 Å². The number of carbonyl (C=O) groups is 1. The van der Waals surface area contributed by atoms with Crippen molar-refractivity contribution in [2.45, 2.75) is 167 Å². The maximum Gasteiger partial charge on any atom is 0.267 e. The Hall–Kier alpha value is -1.74. The summed E-state index contributed by atoms with van der Waals surface area (Å²) in [6.07, 6.45) is 36.1. The molecule has 0 aromatic rings. The monoisotopic (exact) mass is 639 g/mol. The summed E-state index contributed by atoms with van der Waals surface area (Å²) in [6.45, 7) is 4.39. The first-order chi connectivity index (χ1) is 21.2. The Balaban J connectivity index is 4.10. The van der Waals surface area contributed by atoms with Crippen LogP contribution in [0.4, 0.5) is 0 Å². The van der Waals surface area contributed by atoms with Gasteiger partial charge in [0, 0.05) is 0 Å². The average molecular weight is 640 g/mol. The Morgan fingerprint density at radius 1 is 0.636 bits per heavy atom. The molecule has 3 atom stereocenters. The molecule has 0 heterocycles. The summed E-state index contributed by atoms with van der Waals surface area (Å²) < 4.78 is 32.2. The van der Waals surface area contributed by atoms with Gasteiger partial charge in [-0.1, -0.05) is 140 Å². The number of hydrogen-bond acceptors (Lipinski definition) is 5. The van der Waals surface area contributed by atoms with E-state index in [-0.39, 0.29) is 6.42 Å². The molecule has 0 aliphatic heterocycles. The summed E-state index contributed by atoms with van der Waals surface area (Å²) in [5.41, 5.74) is 0. The number of carbonyl (C=O) groups excluding carboxylic acids is 1. The van der Waals surface area contributed by atoms with Crippen molar-refractivity contribution in [1.82, 2.24) is 5.32 Å². The molecule has 0 spiro atoms. The fourth-order valence-electron chi connectivity index (χ4n) is 4.87. The lowest BCUT2D eigenvalue weighted by molar-refractivity contribution is -0.130. The van der Waals surface area contributed by atoms with E-state index < -0.39 is 40.0 Å². The molecule has 0 aliphatic rings. The van der Waals surface area contributed by atoms with Crippen molar-refractivity contribution in [1.29, 1.82) is 0 Å². The molecule has 0 saturated heterocycles. The van der Waals surface area contributed by atoms with E-state index in [1.807, 2.05) is 0 Å². The minimum absolute atomic E-state index is 0.266. The molecule has 0 saturated carbocycles. The van der Waals surface area contributed by atoms with Crippen molar-refractivity contribution in [2.75, 3.05) is 5.75 Å². The molecule has 3 unspecified atom stereocenters. The summed E-state index contributed by atoms with van der Waals surface area (Å²) in [6, 6.07) is -1.25. The van der Waals surface area contributed by atoms with Crippen molar-refractivity contribution in [3.8, 4) is 0 Å². The molecule has 0 radical (unpaired) electrons. The highest BCUT2D eigenvalue weighted by Crippen LogP contribution is 2.13. The molecule has 0 fully saturated rings. The third-order valence-corrected chi connectivity index (χ3v) is 8.39. The largest absolute Gasteiger partial charge is 0.387 e. The zero-order valence-corrected chi connectivity index (χ0v) is 28.7. The maximum atomic E-state index is 12.5. The average Bonchev–Trinajstić information content (AvgIpc) is 2.98. The predicted octanol–water partition coefficient (Wildman–Crippen LogP) is 8.54. The van der Waals surface area contributed by atoms with Gasteiger partial charge in [-0.3, -0.25) is 9.35 Å². The number of nitrogens with one attached hydrogen (secondary N) is 1. The van der Waals surface area contributed by atoms with Crippen LogP contribution in [0.5, 0.6) is 0 Å². The Kier molecular flexibility index (Phi) is 28.8. The number of allylic oxidation sites excluding steroid dienone is 7. The van der Waals surface area contributed by atoms with Crippen molar-refractivity contribution in [2.24, 2.45) is 0 Å². The van der Waals surface area contributed by atoms with Crippen LogP contribution >= 0.6 is 0 Å². The molecule has 256 valence electrons. The molecular weight excluding hydrogens is 574 g/mol. The SMILES string of the molecule is CCCCC/C=C\C=C/CCCCCCCCCCCC(O)C(=O)NC(CS(=O)(=O)O)C(O)/C=C/CC/C=C/CCCCC. The van der Waals surface area contributed by atoms with Crippen LogP contribution in [0.25, 0.3) is 0 Å². The summed E-state index contributed by atoms with van der Waals surface area (Å²) in [7, 11) is -4.44. The highest BCUT2D eigenvalue weighted by atomic mass is 32.2. The van der Waals surface area contributed by atoms with Crippen LogP contribution in [0.1, 0.15) is 149 Å². The summed E-state index contributed by atoms with van der Waals surface area (Å²) in [4.78, 5) is 12.5. The van der Waals surface area contributed by atoms with Crippen molar-refractivity contribution in [3.05, 3.63) is 48.6 Å². The van der Waals surface area contributed by atoms with Crippen molar-refractivity contribution in [3.63, 3.8) is 0 Å². The van der Waals surface area contributed by atoms with Crippen LogP contribution in [0.2, 0.25) is 0 Å². The van der Waals surface area contributed by atoms with E-state index in [9.17, 15) is 28.0 Å². The zero-order valence-electron chi connectivity index (χ0n) is 27.9. The van der Waals surface area contributed by atoms with Gasteiger partial charge in [0.1, 0.15) is 6.10 Å². The normalized spacial score (nSPS) is 14.8. The van der Waals surface area contributed by atoms with Crippen molar-refractivity contribution >= 4 is 16.0 Å². The molecule has 7 nitrogen and oxygen atoms in total. The second-order valence-electron chi connectivity index (χ2n) is 12.0. The second kappa shape index (κ2) is 29.9. The van der Waals surface area contributed by atoms with Crippen LogP contribution in [0.3, 0.4) is 0 Å². The molecular formula is C36H65NO6S. The first kappa shape index (κ1) is 42.3. The molecule has 0 bridgehead atoms. The fraction of sp³-hybridized carbons (Fsp3) is 0.750. The maximum absolute atomic E-state index is 12.5. The van der Waals surface area contributed by atoms with E-state index in [1.165, 1.54) is 83.1 Å². The third kappa shape index (κ3) is 29.0. The third-order valence-electron chi connectivity index (χ3n) is 7.61. The molecule has 8 heteroatoms. The van der Waals surface area contributed by atoms with Gasteiger partial charge in [0.2, 0.25) is 5.91 Å². The van der Waals surface area contributed by atoms with Crippen LogP contribution in [0.15, 0.2) is 48.6 Å². The van der Waals surface area contributed by atoms with Gasteiger partial charge in [-0.25, -0.2) is 0 Å². The van der Waals surface area contributed by atoms with E-state index in [2.05, 4.69) is 55.6 Å². The smallest absolute Gasteiger partial charge is 0.267 e. The first-order valence-electron chi connectivity index (χ1n) is 17.5. The van der Waals surface area contributed by atoms with Gasteiger partial charge in [-0.15, -0.1) is 0 Å². The summed E-state index contributed by atoms with van der Waals surface area (Å²) >= 11 is 0. The van der Waals surface area contributed by atoms with Crippen LogP contribution in [-0.2, 0) is 14.9 Å². The zero-order chi connectivity index (χ0) is 32.7. The van der Waals surface area contributed by atoms with E-state index in [0.717, 1.165) is 38.5 Å². The lowest BCUT2D eigenvalue weighted by Crippen LogP contribution is -2.50. The van der Waals surface area contributed by atoms with Gasteiger partial charge in [0.15, 0.2) is 0 Å². The lowest BCUT2D eigenvalue weighted by Gasteiger charge is -2.22. The minimum Gasteiger partial charge on any atom is -0.387 e. The number of amides is 1. The number of hydrogen-bond donors (Lipinski definition) is 4. The number of aliphatic hydroxyl groups is 2. The van der Waals surface area contributed by atoms with Crippen LogP contribution in [0, 0.1) is 0 Å². The molecule has 0 aromatic heterocycles.